The van der Waals surface area contributed by atoms with Crippen molar-refractivity contribution in [1.82, 2.24) is 0 Å². The summed E-state index contributed by atoms with van der Waals surface area (Å²) >= 11 is 0. The number of unbranched alkanes of at least 4 members (excludes halogenated alkanes) is 8. The fraction of sp³-hybridized carbons (Fsp3) is 1.00. The fourth-order valence-electron chi connectivity index (χ4n) is 3.43. The Labute approximate surface area is 171 Å². The maximum Gasteiger partial charge on any atom is 0.0662 e. The average molecular weight is 389 g/mol. The lowest BCUT2D eigenvalue weighted by molar-refractivity contribution is -0.0308. The minimum atomic E-state index is -0.125. The lowest BCUT2D eigenvalue weighted by Gasteiger charge is -2.25. The van der Waals surface area contributed by atoms with E-state index < -0.39 is 0 Å². The van der Waals surface area contributed by atoms with Crippen molar-refractivity contribution in [3.05, 3.63) is 0 Å². The van der Waals surface area contributed by atoms with Gasteiger partial charge in [-0.15, -0.1) is 0 Å². The van der Waals surface area contributed by atoms with Crippen molar-refractivity contribution in [2.45, 2.75) is 143 Å². The summed E-state index contributed by atoms with van der Waals surface area (Å²) in [6.07, 6.45) is 22.4. The molecular formula is C24H52O3. The van der Waals surface area contributed by atoms with E-state index in [1.165, 1.54) is 103 Å². The molecule has 3 heteroatoms. The Morgan fingerprint density at radius 3 is 1.15 bits per heavy atom. The molecule has 0 aliphatic carbocycles. The standard InChI is InChI=1S/C22H46O.C2H6O2/c1-5-9-11-13-15-19-21(17-7-3)23-22(18-8-4)20-16-14-12-10-6-2;3-1-2-4/h21-22H,5-20H2,1-4H3;3-4H,1-2H2. The molecule has 0 saturated carbocycles. The number of aliphatic hydroxyl groups is 2. The molecule has 0 radical (unpaired) electrons. The zero-order chi connectivity index (χ0) is 20.6. The Balaban J connectivity index is 0. The lowest BCUT2D eigenvalue weighted by Crippen LogP contribution is -2.22. The molecule has 0 spiro atoms. The average Bonchev–Trinajstić information content (AvgIpc) is 2.68. The minimum Gasteiger partial charge on any atom is -0.394 e. The lowest BCUT2D eigenvalue weighted by atomic mass is 10.0. The SMILES string of the molecule is CCCCCCCC(CCC)OC(CCC)CCCCCCC.OCCO. The molecule has 166 valence electrons. The molecular weight excluding hydrogens is 336 g/mol. The molecule has 0 rings (SSSR count). The highest BCUT2D eigenvalue weighted by Crippen LogP contribution is 2.20. The highest BCUT2D eigenvalue weighted by molar-refractivity contribution is 4.65. The van der Waals surface area contributed by atoms with Crippen LogP contribution in [0.3, 0.4) is 0 Å². The molecule has 0 bridgehead atoms. The van der Waals surface area contributed by atoms with Gasteiger partial charge in [0.05, 0.1) is 25.4 Å². The van der Waals surface area contributed by atoms with Crippen LogP contribution in [0.1, 0.15) is 130 Å². The van der Waals surface area contributed by atoms with Gasteiger partial charge in [0.1, 0.15) is 0 Å². The molecule has 0 aliphatic heterocycles. The molecule has 2 N–H and O–H groups in total. The summed E-state index contributed by atoms with van der Waals surface area (Å²) in [6, 6.07) is 0. The molecule has 0 saturated heterocycles. The van der Waals surface area contributed by atoms with Gasteiger partial charge in [0.25, 0.3) is 0 Å². The first kappa shape index (κ1) is 29.1. The molecule has 0 fully saturated rings. The predicted octanol–water partition coefficient (Wildman–Crippen LogP) is 7.03. The minimum absolute atomic E-state index is 0.125. The summed E-state index contributed by atoms with van der Waals surface area (Å²) in [4.78, 5) is 0. The van der Waals surface area contributed by atoms with Crippen LogP contribution in [0.15, 0.2) is 0 Å². The monoisotopic (exact) mass is 388 g/mol. The Morgan fingerprint density at radius 1 is 0.481 bits per heavy atom. The molecule has 2 atom stereocenters. The molecule has 0 aromatic carbocycles. The molecule has 2 unspecified atom stereocenters. The van der Waals surface area contributed by atoms with E-state index in [4.69, 9.17) is 14.9 Å². The van der Waals surface area contributed by atoms with E-state index in [9.17, 15) is 0 Å². The van der Waals surface area contributed by atoms with E-state index in [1.807, 2.05) is 0 Å². The number of ether oxygens (including phenoxy) is 1. The second kappa shape index (κ2) is 25.9. The zero-order valence-electron chi connectivity index (χ0n) is 19.2. The maximum atomic E-state index is 7.62. The molecule has 0 aliphatic rings. The van der Waals surface area contributed by atoms with Crippen LogP contribution >= 0.6 is 0 Å². The third-order valence-corrected chi connectivity index (χ3v) is 4.97. The van der Waals surface area contributed by atoms with E-state index >= 15 is 0 Å². The highest BCUT2D eigenvalue weighted by Gasteiger charge is 2.15. The van der Waals surface area contributed by atoms with Gasteiger partial charge in [-0.1, -0.05) is 105 Å². The van der Waals surface area contributed by atoms with Crippen LogP contribution < -0.4 is 0 Å². The quantitative estimate of drug-likeness (QED) is 0.233. The van der Waals surface area contributed by atoms with Crippen LogP contribution in [0, 0.1) is 0 Å². The van der Waals surface area contributed by atoms with Crippen molar-refractivity contribution >= 4 is 0 Å². The zero-order valence-corrected chi connectivity index (χ0v) is 19.2. The number of hydrogen-bond acceptors (Lipinski definition) is 3. The second-order valence-electron chi connectivity index (χ2n) is 7.81. The summed E-state index contributed by atoms with van der Waals surface area (Å²) < 4.78 is 6.54. The number of hydrogen-bond donors (Lipinski definition) is 2. The van der Waals surface area contributed by atoms with E-state index in [1.54, 1.807) is 0 Å². The smallest absolute Gasteiger partial charge is 0.0662 e. The molecule has 27 heavy (non-hydrogen) atoms. The van der Waals surface area contributed by atoms with Crippen molar-refractivity contribution in [2.75, 3.05) is 13.2 Å². The van der Waals surface area contributed by atoms with Crippen LogP contribution in [-0.2, 0) is 4.74 Å². The van der Waals surface area contributed by atoms with Crippen molar-refractivity contribution in [1.29, 1.82) is 0 Å². The third kappa shape index (κ3) is 23.8. The van der Waals surface area contributed by atoms with Crippen LogP contribution in [-0.4, -0.2) is 35.6 Å². The topological polar surface area (TPSA) is 49.7 Å². The molecule has 0 amide bonds. The fourth-order valence-corrected chi connectivity index (χ4v) is 3.43. The Morgan fingerprint density at radius 2 is 0.852 bits per heavy atom. The van der Waals surface area contributed by atoms with Gasteiger partial charge in [-0.2, -0.15) is 0 Å². The Kier molecular flexibility index (Phi) is 27.9. The van der Waals surface area contributed by atoms with Crippen molar-refractivity contribution in [3.8, 4) is 0 Å². The van der Waals surface area contributed by atoms with Gasteiger partial charge in [0, 0.05) is 0 Å². The highest BCUT2D eigenvalue weighted by atomic mass is 16.5. The molecule has 0 aromatic rings. The molecule has 3 nitrogen and oxygen atoms in total. The van der Waals surface area contributed by atoms with Gasteiger partial charge in [-0.25, -0.2) is 0 Å². The Hall–Kier alpha value is -0.120. The first-order valence-electron chi connectivity index (χ1n) is 12.1. The summed E-state index contributed by atoms with van der Waals surface area (Å²) in [5.74, 6) is 0. The van der Waals surface area contributed by atoms with Crippen LogP contribution in [0.5, 0.6) is 0 Å². The van der Waals surface area contributed by atoms with E-state index in [0.717, 1.165) is 0 Å². The van der Waals surface area contributed by atoms with Gasteiger partial charge in [0.2, 0.25) is 0 Å². The number of rotatable bonds is 19. The van der Waals surface area contributed by atoms with Crippen LogP contribution in [0.25, 0.3) is 0 Å². The van der Waals surface area contributed by atoms with Gasteiger partial charge in [-0.05, 0) is 25.7 Å². The normalized spacial score (nSPS) is 13.1. The number of aliphatic hydroxyl groups excluding tert-OH is 2. The van der Waals surface area contributed by atoms with E-state index in [2.05, 4.69) is 27.7 Å². The Bertz CT molecular complexity index is 222. The first-order valence-corrected chi connectivity index (χ1v) is 12.1. The van der Waals surface area contributed by atoms with Gasteiger partial charge in [-0.3, -0.25) is 0 Å². The summed E-state index contributed by atoms with van der Waals surface area (Å²) in [5.41, 5.74) is 0. The van der Waals surface area contributed by atoms with Gasteiger partial charge >= 0.3 is 0 Å². The van der Waals surface area contributed by atoms with Crippen molar-refractivity contribution in [2.24, 2.45) is 0 Å². The van der Waals surface area contributed by atoms with Gasteiger partial charge in [0.15, 0.2) is 0 Å². The predicted molar refractivity (Wildman–Crippen MR) is 119 cm³/mol. The van der Waals surface area contributed by atoms with E-state index in [0.29, 0.717) is 12.2 Å². The first-order chi connectivity index (χ1) is 13.2. The van der Waals surface area contributed by atoms with Crippen LogP contribution in [0.4, 0.5) is 0 Å². The molecule has 0 heterocycles. The van der Waals surface area contributed by atoms with Crippen molar-refractivity contribution < 1.29 is 14.9 Å². The summed E-state index contributed by atoms with van der Waals surface area (Å²) in [7, 11) is 0. The van der Waals surface area contributed by atoms with Crippen molar-refractivity contribution in [3.63, 3.8) is 0 Å². The third-order valence-electron chi connectivity index (χ3n) is 4.97. The molecule has 0 aromatic heterocycles. The summed E-state index contributed by atoms with van der Waals surface area (Å²) in [5, 5.41) is 15.2. The summed E-state index contributed by atoms with van der Waals surface area (Å²) in [6.45, 7) is 8.93. The van der Waals surface area contributed by atoms with Crippen LogP contribution in [0.2, 0.25) is 0 Å². The second-order valence-corrected chi connectivity index (χ2v) is 7.81. The van der Waals surface area contributed by atoms with Gasteiger partial charge < -0.3 is 14.9 Å². The maximum absolute atomic E-state index is 7.62. The van der Waals surface area contributed by atoms with E-state index in [-0.39, 0.29) is 13.2 Å². The largest absolute Gasteiger partial charge is 0.394 e.